The van der Waals surface area contributed by atoms with Crippen LogP contribution in [-0.2, 0) is 4.79 Å². The van der Waals surface area contributed by atoms with E-state index in [1.807, 2.05) is 0 Å². The molecule has 3 N–H and O–H groups in total. The van der Waals surface area contributed by atoms with Crippen LogP contribution in [0, 0.1) is 12.7 Å². The molecule has 3 nitrogen and oxygen atoms in total. The molecule has 88 valence electrons. The van der Waals surface area contributed by atoms with Crippen LogP contribution in [-0.4, -0.2) is 11.1 Å². The highest BCUT2D eigenvalue weighted by Crippen LogP contribution is 2.26. The van der Waals surface area contributed by atoms with E-state index in [1.54, 1.807) is 6.92 Å². The molecule has 5 heteroatoms. The summed E-state index contributed by atoms with van der Waals surface area (Å²) in [6, 6.07) is 2.00. The molecule has 0 bridgehead atoms. The van der Waals surface area contributed by atoms with Gasteiger partial charge in [0.15, 0.2) is 0 Å². The number of halogens is 2. The number of benzene rings is 1. The number of rotatable bonds is 4. The van der Waals surface area contributed by atoms with E-state index in [9.17, 15) is 9.18 Å². The van der Waals surface area contributed by atoms with E-state index in [0.717, 1.165) is 0 Å². The van der Waals surface area contributed by atoms with Crippen molar-refractivity contribution in [2.24, 2.45) is 5.73 Å². The van der Waals surface area contributed by atoms with E-state index in [-0.39, 0.29) is 12.8 Å². The monoisotopic (exact) mass is 245 g/mol. The highest BCUT2D eigenvalue weighted by Gasteiger charge is 2.14. The van der Waals surface area contributed by atoms with E-state index in [4.69, 9.17) is 22.4 Å². The summed E-state index contributed by atoms with van der Waals surface area (Å²) in [6.45, 7) is 1.73. The van der Waals surface area contributed by atoms with Gasteiger partial charge in [-0.15, -0.1) is 0 Å². The summed E-state index contributed by atoms with van der Waals surface area (Å²) < 4.78 is 13.1. The van der Waals surface area contributed by atoms with Crippen molar-refractivity contribution in [1.29, 1.82) is 0 Å². The molecule has 1 atom stereocenters. The summed E-state index contributed by atoms with van der Waals surface area (Å²) in [6.07, 6.45) is 0.213. The first-order valence-electron chi connectivity index (χ1n) is 4.84. The predicted molar refractivity (Wildman–Crippen MR) is 59.9 cm³/mol. The van der Waals surface area contributed by atoms with Crippen molar-refractivity contribution in [3.8, 4) is 0 Å². The Hall–Kier alpha value is -1.13. The van der Waals surface area contributed by atoms with Crippen LogP contribution in [0.15, 0.2) is 12.1 Å². The first-order chi connectivity index (χ1) is 7.41. The van der Waals surface area contributed by atoms with Gasteiger partial charge in [0.2, 0.25) is 0 Å². The smallest absolute Gasteiger partial charge is 0.303 e. The van der Waals surface area contributed by atoms with Crippen LogP contribution >= 0.6 is 11.6 Å². The first-order valence-corrected chi connectivity index (χ1v) is 5.22. The second-order valence-electron chi connectivity index (χ2n) is 3.64. The van der Waals surface area contributed by atoms with Gasteiger partial charge in [0.1, 0.15) is 5.82 Å². The van der Waals surface area contributed by atoms with Gasteiger partial charge in [-0.1, -0.05) is 11.6 Å². The molecule has 0 heterocycles. The van der Waals surface area contributed by atoms with Crippen molar-refractivity contribution in [2.45, 2.75) is 25.8 Å². The first kappa shape index (κ1) is 12.9. The highest BCUT2D eigenvalue weighted by atomic mass is 35.5. The topological polar surface area (TPSA) is 63.3 Å². The number of carbonyl (C=O) groups is 1. The van der Waals surface area contributed by atoms with Gasteiger partial charge in [-0.3, -0.25) is 4.79 Å². The lowest BCUT2D eigenvalue weighted by Crippen LogP contribution is -2.14. The van der Waals surface area contributed by atoms with Crippen LogP contribution in [0.1, 0.15) is 30.0 Å². The molecule has 0 aliphatic heterocycles. The average Bonchev–Trinajstić information content (AvgIpc) is 2.19. The molecule has 1 aromatic rings. The van der Waals surface area contributed by atoms with Gasteiger partial charge >= 0.3 is 5.97 Å². The van der Waals surface area contributed by atoms with Gasteiger partial charge in [0.05, 0.1) is 0 Å². The predicted octanol–water partition coefficient (Wildman–Crippen LogP) is 2.65. The summed E-state index contributed by atoms with van der Waals surface area (Å²) in [4.78, 5) is 10.4. The molecule has 1 aromatic carbocycles. The molecule has 0 spiro atoms. The minimum Gasteiger partial charge on any atom is -0.481 e. The second-order valence-corrected chi connectivity index (χ2v) is 4.05. The van der Waals surface area contributed by atoms with E-state index >= 15 is 0 Å². The summed E-state index contributed by atoms with van der Waals surface area (Å²) in [5.41, 5.74) is 7.05. The van der Waals surface area contributed by atoms with Crippen molar-refractivity contribution in [1.82, 2.24) is 0 Å². The summed E-state index contributed by atoms with van der Waals surface area (Å²) in [5.74, 6) is -1.38. The van der Waals surface area contributed by atoms with Crippen molar-refractivity contribution in [3.63, 3.8) is 0 Å². The van der Waals surface area contributed by atoms with E-state index in [2.05, 4.69) is 0 Å². The van der Waals surface area contributed by atoms with Crippen LogP contribution in [0.4, 0.5) is 4.39 Å². The highest BCUT2D eigenvalue weighted by molar-refractivity contribution is 6.31. The van der Waals surface area contributed by atoms with E-state index in [0.29, 0.717) is 16.1 Å². The maximum Gasteiger partial charge on any atom is 0.303 e. The lowest BCUT2D eigenvalue weighted by atomic mass is 9.98. The van der Waals surface area contributed by atoms with Gasteiger partial charge < -0.3 is 10.8 Å². The number of hydrogen-bond acceptors (Lipinski definition) is 2. The Morgan fingerprint density at radius 3 is 2.81 bits per heavy atom. The second kappa shape index (κ2) is 5.27. The average molecular weight is 246 g/mol. The maximum absolute atomic E-state index is 13.1. The molecular weight excluding hydrogens is 233 g/mol. The fourth-order valence-electron chi connectivity index (χ4n) is 1.49. The SMILES string of the molecule is Cc1c(Cl)cc(F)cc1C(N)CCC(=O)O. The number of carboxylic acids is 1. The molecule has 0 amide bonds. The minimum absolute atomic E-state index is 0.0469. The molecule has 1 unspecified atom stereocenters. The normalized spacial score (nSPS) is 12.5. The lowest BCUT2D eigenvalue weighted by molar-refractivity contribution is -0.137. The molecule has 0 aliphatic rings. The van der Waals surface area contributed by atoms with Crippen molar-refractivity contribution in [3.05, 3.63) is 34.1 Å². The van der Waals surface area contributed by atoms with E-state index in [1.165, 1.54) is 12.1 Å². The van der Waals surface area contributed by atoms with Gasteiger partial charge in [-0.25, -0.2) is 4.39 Å². The zero-order valence-electron chi connectivity index (χ0n) is 8.84. The fourth-order valence-corrected chi connectivity index (χ4v) is 1.70. The van der Waals surface area contributed by atoms with Gasteiger partial charge in [0, 0.05) is 17.5 Å². The Kier molecular flexibility index (Phi) is 4.26. The number of nitrogens with two attached hydrogens (primary N) is 1. The molecular formula is C11H13ClFNO2. The quantitative estimate of drug-likeness (QED) is 0.857. The maximum atomic E-state index is 13.1. The standard InChI is InChI=1S/C11H13ClFNO2/c1-6-8(4-7(13)5-9(6)12)10(14)2-3-11(15)16/h4-5,10H,2-3,14H2,1H3,(H,15,16). The number of carboxylic acid groups (broad SMARTS) is 1. The largest absolute Gasteiger partial charge is 0.481 e. The van der Waals surface area contributed by atoms with Crippen molar-refractivity contribution in [2.75, 3.05) is 0 Å². The Balaban J connectivity index is 2.90. The lowest BCUT2D eigenvalue weighted by Gasteiger charge is -2.14. The van der Waals surface area contributed by atoms with Gasteiger partial charge in [-0.2, -0.15) is 0 Å². The van der Waals surface area contributed by atoms with Gasteiger partial charge in [-0.05, 0) is 36.6 Å². The molecule has 16 heavy (non-hydrogen) atoms. The number of aliphatic carboxylic acids is 1. The summed E-state index contributed by atoms with van der Waals surface area (Å²) >= 11 is 5.81. The molecule has 0 aliphatic carbocycles. The Morgan fingerprint density at radius 2 is 2.25 bits per heavy atom. The summed E-state index contributed by atoms with van der Waals surface area (Å²) in [5, 5.41) is 8.84. The minimum atomic E-state index is -0.921. The van der Waals surface area contributed by atoms with Crippen LogP contribution in [0.5, 0.6) is 0 Å². The zero-order valence-corrected chi connectivity index (χ0v) is 9.59. The molecule has 0 fully saturated rings. The van der Waals surface area contributed by atoms with E-state index < -0.39 is 17.8 Å². The van der Waals surface area contributed by atoms with Crippen LogP contribution < -0.4 is 5.73 Å². The molecule has 0 saturated heterocycles. The molecule has 0 aromatic heterocycles. The Bertz CT molecular complexity index is 409. The Labute approximate surface area is 98.0 Å². The third-order valence-electron chi connectivity index (χ3n) is 2.42. The summed E-state index contributed by atoms with van der Waals surface area (Å²) in [7, 11) is 0. The molecule has 0 saturated carbocycles. The fraction of sp³-hybridized carbons (Fsp3) is 0.364. The number of hydrogen-bond donors (Lipinski definition) is 2. The molecule has 0 radical (unpaired) electrons. The van der Waals surface area contributed by atoms with Crippen molar-refractivity contribution >= 4 is 17.6 Å². The van der Waals surface area contributed by atoms with Crippen LogP contribution in [0.25, 0.3) is 0 Å². The van der Waals surface area contributed by atoms with Crippen molar-refractivity contribution < 1.29 is 14.3 Å². The third kappa shape index (κ3) is 3.18. The molecule has 1 rings (SSSR count). The Morgan fingerprint density at radius 1 is 1.62 bits per heavy atom. The van der Waals surface area contributed by atoms with Crippen LogP contribution in [0.3, 0.4) is 0 Å². The van der Waals surface area contributed by atoms with Gasteiger partial charge in [0.25, 0.3) is 0 Å². The zero-order chi connectivity index (χ0) is 12.3. The van der Waals surface area contributed by atoms with Crippen LogP contribution in [0.2, 0.25) is 5.02 Å². The third-order valence-corrected chi connectivity index (χ3v) is 2.81.